The van der Waals surface area contributed by atoms with Gasteiger partial charge in [0.25, 0.3) is 0 Å². The molecule has 0 radical (unpaired) electrons. The van der Waals surface area contributed by atoms with Crippen molar-refractivity contribution in [1.29, 1.82) is 5.26 Å². The Morgan fingerprint density at radius 1 is 1.28 bits per heavy atom. The number of rotatable bonds is 4. The summed E-state index contributed by atoms with van der Waals surface area (Å²) in [6.07, 6.45) is 6.75. The normalized spacial score (nSPS) is 16.6. The van der Waals surface area contributed by atoms with Crippen LogP contribution in [0.1, 0.15) is 63.6 Å². The quantitative estimate of drug-likeness (QED) is 0.273. The molecule has 10 heteroatoms. The molecule has 0 aliphatic carbocycles. The summed E-state index contributed by atoms with van der Waals surface area (Å²) in [5, 5.41) is 11.6. The standard InChI is InChI=1S/C23H18ClFN6OS.C6H14/c1-10-2-3-31(7-10)23-29-5-12-13-8-32-9-14(13)16(18(24)19(12)30-23)20-17-11(4-26)22(27)33-21(17)15(25)6-28-20;1-4-5-6(2)3/h5-6,10H,2-3,7-9,27H2,1H3;6H,4-5H2,1-3H3. The van der Waals surface area contributed by atoms with Crippen molar-refractivity contribution in [2.45, 2.75) is 60.2 Å². The Hall–Kier alpha value is -3.06. The van der Waals surface area contributed by atoms with E-state index in [0.29, 0.717) is 52.3 Å². The molecule has 2 aliphatic rings. The highest BCUT2D eigenvalue weighted by Crippen LogP contribution is 2.47. The highest BCUT2D eigenvalue weighted by Gasteiger charge is 2.30. The summed E-state index contributed by atoms with van der Waals surface area (Å²) < 4.78 is 20.6. The van der Waals surface area contributed by atoms with Gasteiger partial charge in [0.1, 0.15) is 11.1 Å². The lowest BCUT2D eigenvalue weighted by Gasteiger charge is -2.18. The Kier molecular flexibility index (Phi) is 7.90. The van der Waals surface area contributed by atoms with E-state index < -0.39 is 5.82 Å². The van der Waals surface area contributed by atoms with Gasteiger partial charge in [0, 0.05) is 35.6 Å². The van der Waals surface area contributed by atoms with E-state index in [0.717, 1.165) is 59.5 Å². The molecule has 1 unspecified atom stereocenters. The molecule has 39 heavy (non-hydrogen) atoms. The second kappa shape index (κ2) is 11.2. The summed E-state index contributed by atoms with van der Waals surface area (Å²) in [6.45, 7) is 11.4. The Bertz CT molecular complexity index is 1600. The van der Waals surface area contributed by atoms with Crippen molar-refractivity contribution in [1.82, 2.24) is 15.0 Å². The molecule has 0 bridgehead atoms. The first-order valence-corrected chi connectivity index (χ1v) is 14.5. The molecule has 4 aromatic rings. The van der Waals surface area contributed by atoms with Crippen LogP contribution in [0.2, 0.25) is 5.02 Å². The second-order valence-corrected chi connectivity index (χ2v) is 12.1. The van der Waals surface area contributed by atoms with Gasteiger partial charge in [0.15, 0.2) is 5.82 Å². The molecule has 0 spiro atoms. The molecule has 6 rings (SSSR count). The molecule has 204 valence electrons. The summed E-state index contributed by atoms with van der Waals surface area (Å²) in [5.41, 5.74) is 9.66. The van der Waals surface area contributed by atoms with Gasteiger partial charge in [-0.15, -0.1) is 11.3 Å². The fourth-order valence-corrected chi connectivity index (χ4v) is 6.65. The lowest BCUT2D eigenvalue weighted by molar-refractivity contribution is 0.135. The first-order chi connectivity index (χ1) is 18.7. The molecule has 1 atom stereocenters. The van der Waals surface area contributed by atoms with Gasteiger partial charge in [-0.2, -0.15) is 5.26 Å². The predicted octanol–water partition coefficient (Wildman–Crippen LogP) is 7.47. The Morgan fingerprint density at radius 3 is 2.69 bits per heavy atom. The highest BCUT2D eigenvalue weighted by atomic mass is 35.5. The molecule has 1 aromatic carbocycles. The molecule has 1 saturated heterocycles. The van der Waals surface area contributed by atoms with Crippen molar-refractivity contribution < 1.29 is 9.13 Å². The summed E-state index contributed by atoms with van der Waals surface area (Å²) in [5.74, 6) is 1.58. The Morgan fingerprint density at radius 2 is 2.05 bits per heavy atom. The minimum absolute atomic E-state index is 0.204. The number of hydrogen-bond acceptors (Lipinski definition) is 8. The number of hydrogen-bond donors (Lipinski definition) is 1. The van der Waals surface area contributed by atoms with Crippen molar-refractivity contribution in [2.24, 2.45) is 11.8 Å². The predicted molar refractivity (Wildman–Crippen MR) is 156 cm³/mol. The molecular formula is C29H32ClFN6OS. The van der Waals surface area contributed by atoms with Crippen LogP contribution >= 0.6 is 22.9 Å². The van der Waals surface area contributed by atoms with Gasteiger partial charge < -0.3 is 15.4 Å². The molecule has 2 N–H and O–H groups in total. The van der Waals surface area contributed by atoms with E-state index in [1.807, 2.05) is 0 Å². The minimum Gasteiger partial charge on any atom is -0.389 e. The fourth-order valence-electron chi connectivity index (χ4n) is 5.39. The number of pyridine rings is 1. The largest absolute Gasteiger partial charge is 0.389 e. The molecule has 0 amide bonds. The maximum atomic E-state index is 14.6. The van der Waals surface area contributed by atoms with Crippen molar-refractivity contribution in [3.05, 3.63) is 39.9 Å². The topological polar surface area (TPSA) is 101 Å². The van der Waals surface area contributed by atoms with Crippen LogP contribution in [0.4, 0.5) is 15.3 Å². The molecule has 2 aliphatic heterocycles. The number of nitrogens with zero attached hydrogens (tertiary/aromatic N) is 5. The third-order valence-electron chi connectivity index (χ3n) is 7.30. The number of benzene rings is 1. The summed E-state index contributed by atoms with van der Waals surface area (Å²) in [7, 11) is 0. The number of aromatic nitrogens is 3. The van der Waals surface area contributed by atoms with Crippen molar-refractivity contribution in [3.8, 4) is 17.3 Å². The fraction of sp³-hybridized carbons (Fsp3) is 0.448. The number of nitriles is 1. The van der Waals surface area contributed by atoms with Crippen LogP contribution in [0.15, 0.2) is 12.4 Å². The van der Waals surface area contributed by atoms with Gasteiger partial charge in [0.2, 0.25) is 5.95 Å². The van der Waals surface area contributed by atoms with Gasteiger partial charge in [-0.05, 0) is 29.4 Å². The number of anilines is 2. The van der Waals surface area contributed by atoms with Gasteiger partial charge in [-0.25, -0.2) is 14.4 Å². The van der Waals surface area contributed by atoms with Gasteiger partial charge in [-0.1, -0.05) is 52.1 Å². The van der Waals surface area contributed by atoms with E-state index in [2.05, 4.69) is 48.6 Å². The zero-order valence-corrected chi connectivity index (χ0v) is 24.2. The number of halogens is 2. The maximum absolute atomic E-state index is 14.6. The SMILES string of the molecule is CC1CCN(c2ncc3c4c(c(-c5ncc(F)c6sc(N)c(C#N)c56)c(Cl)c3n2)COC4)C1.CCCC(C)C. The minimum atomic E-state index is -0.524. The Balaban J connectivity index is 0.000000465. The third kappa shape index (κ3) is 5.02. The van der Waals surface area contributed by atoms with Crippen molar-refractivity contribution in [3.63, 3.8) is 0 Å². The second-order valence-electron chi connectivity index (χ2n) is 10.7. The maximum Gasteiger partial charge on any atom is 0.225 e. The van der Waals surface area contributed by atoms with E-state index in [-0.39, 0.29) is 15.3 Å². The first kappa shape index (κ1) is 27.5. The zero-order chi connectivity index (χ0) is 27.8. The van der Waals surface area contributed by atoms with E-state index in [4.69, 9.17) is 27.1 Å². The van der Waals surface area contributed by atoms with Crippen molar-refractivity contribution in [2.75, 3.05) is 23.7 Å². The number of fused-ring (bicyclic) bond motifs is 4. The zero-order valence-electron chi connectivity index (χ0n) is 22.6. The van der Waals surface area contributed by atoms with Crippen LogP contribution in [0.5, 0.6) is 0 Å². The average molecular weight is 567 g/mol. The number of nitrogen functional groups attached to an aromatic ring is 1. The van der Waals surface area contributed by atoms with Gasteiger partial charge in [0.05, 0.1) is 45.9 Å². The van der Waals surface area contributed by atoms with E-state index in [1.165, 1.54) is 12.8 Å². The molecular weight excluding hydrogens is 535 g/mol. The van der Waals surface area contributed by atoms with Crippen LogP contribution in [-0.4, -0.2) is 28.0 Å². The molecule has 0 saturated carbocycles. The summed E-state index contributed by atoms with van der Waals surface area (Å²) in [6, 6.07) is 2.10. The smallest absolute Gasteiger partial charge is 0.225 e. The van der Waals surface area contributed by atoms with Gasteiger partial charge in [-0.3, -0.25) is 4.98 Å². The van der Waals surface area contributed by atoms with Crippen molar-refractivity contribution >= 4 is 54.9 Å². The lowest BCUT2D eigenvalue weighted by Crippen LogP contribution is -2.21. The molecule has 3 aromatic heterocycles. The van der Waals surface area contributed by atoms with E-state index >= 15 is 0 Å². The number of ether oxygens (including phenoxy) is 1. The lowest BCUT2D eigenvalue weighted by atomic mass is 9.94. The van der Waals surface area contributed by atoms with E-state index in [1.54, 1.807) is 6.20 Å². The van der Waals surface area contributed by atoms with Crippen LogP contribution in [0.25, 0.3) is 32.2 Å². The van der Waals surface area contributed by atoms with E-state index in [9.17, 15) is 9.65 Å². The van der Waals surface area contributed by atoms with Crippen LogP contribution in [0, 0.1) is 29.0 Å². The van der Waals surface area contributed by atoms with Crippen LogP contribution in [0.3, 0.4) is 0 Å². The number of nitrogens with two attached hydrogens (primary N) is 1. The molecule has 5 heterocycles. The average Bonchev–Trinajstić information content (AvgIpc) is 3.64. The molecule has 1 fully saturated rings. The highest BCUT2D eigenvalue weighted by molar-refractivity contribution is 7.23. The van der Waals surface area contributed by atoms with Gasteiger partial charge >= 0.3 is 0 Å². The first-order valence-electron chi connectivity index (χ1n) is 13.3. The molecule has 7 nitrogen and oxygen atoms in total. The number of thiophene rings is 1. The monoisotopic (exact) mass is 566 g/mol. The summed E-state index contributed by atoms with van der Waals surface area (Å²) in [4.78, 5) is 16.0. The van der Waals surface area contributed by atoms with Crippen LogP contribution in [-0.2, 0) is 18.0 Å². The third-order valence-corrected chi connectivity index (χ3v) is 8.70. The summed E-state index contributed by atoms with van der Waals surface area (Å²) >= 11 is 8.04. The van der Waals surface area contributed by atoms with Crippen LogP contribution < -0.4 is 10.6 Å². The Labute approximate surface area is 236 Å².